The normalized spacial score (nSPS) is 10.2. The molecule has 0 atom stereocenters. The zero-order chi connectivity index (χ0) is 12.1. The highest BCUT2D eigenvalue weighted by molar-refractivity contribution is 7.11. The number of aromatic nitrogens is 3. The van der Waals surface area contributed by atoms with Gasteiger partial charge in [0, 0.05) is 17.1 Å². The van der Waals surface area contributed by atoms with Crippen molar-refractivity contribution in [1.82, 2.24) is 15.0 Å². The molecule has 0 aliphatic carbocycles. The van der Waals surface area contributed by atoms with Gasteiger partial charge in [0.25, 0.3) is 0 Å². The molecule has 0 aromatic carbocycles. The molecule has 0 bridgehead atoms. The van der Waals surface area contributed by atoms with E-state index in [1.165, 1.54) is 11.2 Å². The largest absolute Gasteiger partial charge is 0.363 e. The van der Waals surface area contributed by atoms with Crippen molar-refractivity contribution in [3.05, 3.63) is 28.5 Å². The van der Waals surface area contributed by atoms with Crippen molar-refractivity contribution in [3.63, 3.8) is 0 Å². The van der Waals surface area contributed by atoms with Gasteiger partial charge in [-0.05, 0) is 6.42 Å². The number of hydrazine groups is 1. The van der Waals surface area contributed by atoms with Crippen LogP contribution in [0.15, 0.2) is 18.6 Å². The summed E-state index contributed by atoms with van der Waals surface area (Å²) in [5, 5.41) is 4.22. The van der Waals surface area contributed by atoms with Crippen LogP contribution >= 0.6 is 11.3 Å². The van der Waals surface area contributed by atoms with Crippen molar-refractivity contribution in [1.29, 1.82) is 0 Å². The third kappa shape index (κ3) is 3.11. The predicted molar refractivity (Wildman–Crippen MR) is 68.7 cm³/mol. The van der Waals surface area contributed by atoms with Crippen molar-refractivity contribution in [2.24, 2.45) is 5.84 Å². The summed E-state index contributed by atoms with van der Waals surface area (Å²) in [6, 6.07) is 1.74. The van der Waals surface area contributed by atoms with E-state index in [9.17, 15) is 0 Å². The minimum atomic E-state index is 0.580. The van der Waals surface area contributed by atoms with Gasteiger partial charge in [-0.15, -0.1) is 11.3 Å². The standard InChI is InChI=1S/C10H14N6S/c1-2-7-4-13-10(17-7)5-12-8-3-9(16-11)15-6-14-8/h3-4,6H,2,5,11H2,1H3,(H2,12,14,15,16). The molecule has 0 spiro atoms. The number of anilines is 2. The first-order chi connectivity index (χ1) is 8.31. The van der Waals surface area contributed by atoms with Crippen LogP contribution in [0.2, 0.25) is 0 Å². The number of rotatable bonds is 5. The van der Waals surface area contributed by atoms with Gasteiger partial charge in [-0.1, -0.05) is 6.92 Å². The first-order valence-electron chi connectivity index (χ1n) is 5.28. The average molecular weight is 250 g/mol. The fourth-order valence-corrected chi connectivity index (χ4v) is 2.09. The van der Waals surface area contributed by atoms with Crippen molar-refractivity contribution >= 4 is 23.0 Å². The topological polar surface area (TPSA) is 88.8 Å². The lowest BCUT2D eigenvalue weighted by Crippen LogP contribution is -2.09. The van der Waals surface area contributed by atoms with E-state index in [0.29, 0.717) is 12.4 Å². The van der Waals surface area contributed by atoms with E-state index < -0.39 is 0 Å². The van der Waals surface area contributed by atoms with E-state index in [0.717, 1.165) is 17.2 Å². The zero-order valence-electron chi connectivity index (χ0n) is 9.47. The van der Waals surface area contributed by atoms with Crippen LogP contribution < -0.4 is 16.6 Å². The molecule has 0 amide bonds. The molecule has 90 valence electrons. The van der Waals surface area contributed by atoms with Crippen molar-refractivity contribution in [2.75, 3.05) is 10.7 Å². The van der Waals surface area contributed by atoms with Crippen molar-refractivity contribution in [3.8, 4) is 0 Å². The van der Waals surface area contributed by atoms with Crippen molar-refractivity contribution < 1.29 is 0 Å². The first-order valence-corrected chi connectivity index (χ1v) is 6.09. The maximum Gasteiger partial charge on any atom is 0.145 e. The molecule has 0 saturated carbocycles. The van der Waals surface area contributed by atoms with Crippen LogP contribution in [0.3, 0.4) is 0 Å². The number of nitrogen functional groups attached to an aromatic ring is 1. The molecule has 0 aliphatic rings. The lowest BCUT2D eigenvalue weighted by atomic mass is 10.4. The SMILES string of the molecule is CCc1cnc(CNc2cc(NN)ncn2)s1. The molecule has 0 fully saturated rings. The Balaban J connectivity index is 1.96. The second-order valence-electron chi connectivity index (χ2n) is 3.36. The number of thiazole rings is 1. The molecule has 2 heterocycles. The first kappa shape index (κ1) is 11.7. The highest BCUT2D eigenvalue weighted by atomic mass is 32.1. The van der Waals surface area contributed by atoms with E-state index >= 15 is 0 Å². The van der Waals surface area contributed by atoms with E-state index in [1.807, 2.05) is 6.20 Å². The van der Waals surface area contributed by atoms with Crippen LogP contribution in [-0.2, 0) is 13.0 Å². The lowest BCUT2D eigenvalue weighted by molar-refractivity contribution is 1.05. The molecule has 0 unspecified atom stereocenters. The lowest BCUT2D eigenvalue weighted by Gasteiger charge is -2.04. The highest BCUT2D eigenvalue weighted by Crippen LogP contribution is 2.15. The Morgan fingerprint density at radius 2 is 2.12 bits per heavy atom. The Labute approximate surface area is 103 Å². The van der Waals surface area contributed by atoms with E-state index in [1.54, 1.807) is 17.4 Å². The van der Waals surface area contributed by atoms with E-state index in [4.69, 9.17) is 5.84 Å². The Bertz CT molecular complexity index is 483. The maximum absolute atomic E-state index is 5.27. The molecule has 4 N–H and O–H groups in total. The summed E-state index contributed by atoms with van der Waals surface area (Å²) in [6.07, 6.45) is 4.39. The fraction of sp³-hybridized carbons (Fsp3) is 0.300. The summed E-state index contributed by atoms with van der Waals surface area (Å²) in [6.45, 7) is 2.78. The molecule has 0 radical (unpaired) electrons. The van der Waals surface area contributed by atoms with E-state index in [2.05, 4.69) is 32.6 Å². The number of hydrogen-bond acceptors (Lipinski definition) is 7. The van der Waals surface area contributed by atoms with Gasteiger partial charge in [-0.25, -0.2) is 20.8 Å². The van der Waals surface area contributed by atoms with Gasteiger partial charge in [0.05, 0.1) is 6.54 Å². The van der Waals surface area contributed by atoms with Crippen LogP contribution in [0.25, 0.3) is 0 Å². The predicted octanol–water partition coefficient (Wildman–Crippen LogP) is 1.39. The summed E-state index contributed by atoms with van der Waals surface area (Å²) in [4.78, 5) is 13.6. The minimum absolute atomic E-state index is 0.580. The van der Waals surface area contributed by atoms with Crippen LogP contribution in [0.4, 0.5) is 11.6 Å². The highest BCUT2D eigenvalue weighted by Gasteiger charge is 2.01. The fourth-order valence-electron chi connectivity index (χ4n) is 1.29. The molecule has 7 heteroatoms. The number of nitrogens with two attached hydrogens (primary N) is 1. The molecule has 6 nitrogen and oxygen atoms in total. The van der Waals surface area contributed by atoms with Gasteiger partial charge in [0.2, 0.25) is 0 Å². The van der Waals surface area contributed by atoms with Crippen LogP contribution in [0.5, 0.6) is 0 Å². The average Bonchev–Trinajstić information content (AvgIpc) is 2.84. The zero-order valence-corrected chi connectivity index (χ0v) is 10.3. The number of nitrogens with one attached hydrogen (secondary N) is 2. The minimum Gasteiger partial charge on any atom is -0.363 e. The molecule has 0 aliphatic heterocycles. The van der Waals surface area contributed by atoms with Gasteiger partial charge in [0.15, 0.2) is 0 Å². The summed E-state index contributed by atoms with van der Waals surface area (Å²) in [5.74, 6) is 6.57. The monoisotopic (exact) mass is 250 g/mol. The van der Waals surface area contributed by atoms with Crippen LogP contribution in [0.1, 0.15) is 16.8 Å². The molecule has 17 heavy (non-hydrogen) atoms. The van der Waals surface area contributed by atoms with Gasteiger partial charge in [0.1, 0.15) is 23.0 Å². The number of hydrogen-bond donors (Lipinski definition) is 3. The van der Waals surface area contributed by atoms with Gasteiger partial charge in [-0.3, -0.25) is 0 Å². The molecule has 2 aromatic heterocycles. The maximum atomic E-state index is 5.27. The smallest absolute Gasteiger partial charge is 0.145 e. The second-order valence-corrected chi connectivity index (χ2v) is 4.56. The molecule has 2 rings (SSSR count). The van der Waals surface area contributed by atoms with Crippen LogP contribution in [-0.4, -0.2) is 15.0 Å². The Morgan fingerprint density at radius 1 is 1.29 bits per heavy atom. The Hall–Kier alpha value is -1.73. The molecule has 2 aromatic rings. The third-order valence-electron chi connectivity index (χ3n) is 2.19. The molecular formula is C10H14N6S. The Morgan fingerprint density at radius 3 is 2.82 bits per heavy atom. The summed E-state index contributed by atoms with van der Waals surface area (Å²) in [7, 11) is 0. The van der Waals surface area contributed by atoms with Crippen LogP contribution in [0, 0.1) is 0 Å². The number of nitrogens with zero attached hydrogens (tertiary/aromatic N) is 3. The Kier molecular flexibility index (Phi) is 3.84. The van der Waals surface area contributed by atoms with E-state index in [-0.39, 0.29) is 0 Å². The van der Waals surface area contributed by atoms with Gasteiger partial charge < -0.3 is 10.7 Å². The third-order valence-corrected chi connectivity index (χ3v) is 3.33. The van der Waals surface area contributed by atoms with Gasteiger partial charge >= 0.3 is 0 Å². The van der Waals surface area contributed by atoms with Gasteiger partial charge in [-0.2, -0.15) is 0 Å². The summed E-state index contributed by atoms with van der Waals surface area (Å²) < 4.78 is 0. The number of aryl methyl sites for hydroxylation is 1. The summed E-state index contributed by atoms with van der Waals surface area (Å²) >= 11 is 1.70. The summed E-state index contributed by atoms with van der Waals surface area (Å²) in [5.41, 5.74) is 2.47. The molecular weight excluding hydrogens is 236 g/mol. The molecule has 0 saturated heterocycles. The van der Waals surface area contributed by atoms with Crippen molar-refractivity contribution in [2.45, 2.75) is 19.9 Å². The quantitative estimate of drug-likeness (QED) is 0.549. The second kappa shape index (κ2) is 5.55.